The minimum Gasteiger partial charge on any atom is -0.398 e. The van der Waals surface area contributed by atoms with Crippen LogP contribution in [0.5, 0.6) is 0 Å². The van der Waals surface area contributed by atoms with Crippen LogP contribution in [0.4, 0.5) is 0 Å². The third-order valence-corrected chi connectivity index (χ3v) is 1.16. The summed E-state index contributed by atoms with van der Waals surface area (Å²) in [5.74, 6) is -3.83. The predicted molar refractivity (Wildman–Crippen MR) is 49.1 cm³/mol. The van der Waals surface area contributed by atoms with Crippen molar-refractivity contribution in [2.45, 2.75) is 12.8 Å². The van der Waals surface area contributed by atoms with Gasteiger partial charge in [-0.2, -0.15) is 0 Å². The highest BCUT2D eigenvalue weighted by molar-refractivity contribution is 5.83. The van der Waals surface area contributed by atoms with Gasteiger partial charge in [0, 0.05) is 19.1 Å². The minimum absolute atomic E-state index is 0.834. The van der Waals surface area contributed by atoms with E-state index in [1.807, 2.05) is 0 Å². The summed E-state index contributed by atoms with van der Waals surface area (Å²) in [6.45, 7) is 7.36. The SMILES string of the molecule is C=CC(=O)OC(C)(N=C=O)OC(=O)C=C. The topological polar surface area (TPSA) is 82.0 Å². The molecule has 0 aromatic rings. The summed E-state index contributed by atoms with van der Waals surface area (Å²) in [5.41, 5.74) is 0. The van der Waals surface area contributed by atoms with Crippen molar-refractivity contribution in [3.05, 3.63) is 25.3 Å². The lowest BCUT2D eigenvalue weighted by molar-refractivity contribution is -0.212. The Morgan fingerprint density at radius 3 is 1.93 bits per heavy atom. The van der Waals surface area contributed by atoms with Crippen LogP contribution in [0.25, 0.3) is 0 Å². The zero-order valence-electron chi connectivity index (χ0n) is 8.06. The van der Waals surface area contributed by atoms with Gasteiger partial charge in [-0.25, -0.2) is 14.4 Å². The number of rotatable bonds is 5. The Kier molecular flexibility index (Phi) is 4.70. The molecule has 0 fully saturated rings. The molecule has 80 valence electrons. The van der Waals surface area contributed by atoms with Crippen LogP contribution in [0.3, 0.4) is 0 Å². The third kappa shape index (κ3) is 4.54. The van der Waals surface area contributed by atoms with Gasteiger partial charge in [0.15, 0.2) is 0 Å². The number of hydrogen-bond acceptors (Lipinski definition) is 6. The van der Waals surface area contributed by atoms with E-state index in [1.54, 1.807) is 0 Å². The van der Waals surface area contributed by atoms with Crippen molar-refractivity contribution in [2.24, 2.45) is 4.99 Å². The zero-order chi connectivity index (χ0) is 11.9. The van der Waals surface area contributed by atoms with E-state index < -0.39 is 17.8 Å². The van der Waals surface area contributed by atoms with Crippen molar-refractivity contribution in [2.75, 3.05) is 0 Å². The average molecular weight is 211 g/mol. The monoisotopic (exact) mass is 211 g/mol. The number of ether oxygens (including phenoxy) is 2. The molecule has 0 heterocycles. The summed E-state index contributed by atoms with van der Waals surface area (Å²) in [4.78, 5) is 34.7. The number of hydrogen-bond donors (Lipinski definition) is 0. The van der Waals surface area contributed by atoms with Crippen LogP contribution in [0, 0.1) is 0 Å². The Morgan fingerprint density at radius 2 is 1.67 bits per heavy atom. The summed E-state index contributed by atoms with van der Waals surface area (Å²) in [6.07, 6.45) is 2.79. The second-order valence-corrected chi connectivity index (χ2v) is 2.35. The van der Waals surface area contributed by atoms with Crippen molar-refractivity contribution in [1.29, 1.82) is 0 Å². The Labute approximate surface area is 85.9 Å². The molecule has 0 unspecified atom stereocenters. The van der Waals surface area contributed by atoms with Crippen molar-refractivity contribution in [1.82, 2.24) is 0 Å². The van der Waals surface area contributed by atoms with Crippen LogP contribution in [-0.4, -0.2) is 23.9 Å². The normalized spacial score (nSPS) is 9.40. The van der Waals surface area contributed by atoms with Gasteiger partial charge < -0.3 is 9.47 Å². The van der Waals surface area contributed by atoms with Crippen LogP contribution in [0.15, 0.2) is 30.3 Å². The molecule has 0 N–H and O–H groups in total. The first-order valence-corrected chi connectivity index (χ1v) is 3.77. The van der Waals surface area contributed by atoms with Crippen molar-refractivity contribution in [3.8, 4) is 0 Å². The fourth-order valence-corrected chi connectivity index (χ4v) is 0.606. The molecule has 0 bridgehead atoms. The van der Waals surface area contributed by atoms with Crippen LogP contribution < -0.4 is 0 Å². The van der Waals surface area contributed by atoms with Gasteiger partial charge in [-0.15, -0.1) is 4.99 Å². The summed E-state index contributed by atoms with van der Waals surface area (Å²) >= 11 is 0. The van der Waals surface area contributed by atoms with Gasteiger partial charge in [0.05, 0.1) is 0 Å². The number of isocyanates is 1. The van der Waals surface area contributed by atoms with Crippen molar-refractivity contribution in [3.63, 3.8) is 0 Å². The van der Waals surface area contributed by atoms with Gasteiger partial charge >= 0.3 is 17.8 Å². The van der Waals surface area contributed by atoms with Crippen LogP contribution >= 0.6 is 0 Å². The van der Waals surface area contributed by atoms with E-state index in [0.29, 0.717) is 0 Å². The van der Waals surface area contributed by atoms with Gasteiger partial charge in [0.1, 0.15) is 0 Å². The molecule has 6 nitrogen and oxygen atoms in total. The summed E-state index contributed by atoms with van der Waals surface area (Å²) in [7, 11) is 0. The molecule has 0 aliphatic rings. The lowest BCUT2D eigenvalue weighted by Crippen LogP contribution is -2.34. The van der Waals surface area contributed by atoms with Gasteiger partial charge in [0.25, 0.3) is 0 Å². The fourth-order valence-electron chi connectivity index (χ4n) is 0.606. The molecule has 0 aromatic carbocycles. The predicted octanol–water partition coefficient (Wildman–Crippen LogP) is 0.454. The van der Waals surface area contributed by atoms with E-state index in [2.05, 4.69) is 27.6 Å². The second-order valence-electron chi connectivity index (χ2n) is 2.35. The van der Waals surface area contributed by atoms with E-state index >= 15 is 0 Å². The van der Waals surface area contributed by atoms with E-state index in [-0.39, 0.29) is 0 Å². The molecular formula is C9H9NO5. The molecule has 0 rings (SSSR count). The van der Waals surface area contributed by atoms with Gasteiger partial charge in [-0.3, -0.25) is 0 Å². The molecule has 0 aliphatic carbocycles. The Bertz CT molecular complexity index is 318. The fraction of sp³-hybridized carbons (Fsp3) is 0.222. The smallest absolute Gasteiger partial charge is 0.367 e. The standard InChI is InChI=1S/C9H9NO5/c1-4-7(12)14-9(3,10-6-11)15-8(13)5-2/h4-5H,1-2H2,3H3. The molecule has 0 saturated heterocycles. The minimum atomic E-state index is -2.04. The van der Waals surface area contributed by atoms with Gasteiger partial charge in [-0.1, -0.05) is 13.2 Å². The molecule has 0 aliphatic heterocycles. The summed E-state index contributed by atoms with van der Waals surface area (Å²) in [5, 5.41) is 0. The molecular weight excluding hydrogens is 202 g/mol. The first-order chi connectivity index (χ1) is 6.97. The molecule has 0 amide bonds. The Morgan fingerprint density at radius 1 is 1.27 bits per heavy atom. The summed E-state index contributed by atoms with van der Waals surface area (Å²) < 4.78 is 9.05. The molecule has 6 heteroatoms. The van der Waals surface area contributed by atoms with Gasteiger partial charge in [-0.05, 0) is 0 Å². The second kappa shape index (κ2) is 5.51. The lowest BCUT2D eigenvalue weighted by atomic mass is 10.5. The maximum atomic E-state index is 10.8. The summed E-state index contributed by atoms with van der Waals surface area (Å²) in [6, 6.07) is 0. The number of nitrogens with zero attached hydrogens (tertiary/aromatic N) is 1. The number of esters is 2. The third-order valence-electron chi connectivity index (χ3n) is 1.16. The van der Waals surface area contributed by atoms with Crippen LogP contribution in [0.2, 0.25) is 0 Å². The van der Waals surface area contributed by atoms with E-state index in [4.69, 9.17) is 0 Å². The Hall–Kier alpha value is -2.20. The number of aliphatic imine (C=N–C) groups is 1. The number of carbonyl (C=O) groups excluding carboxylic acids is 3. The zero-order valence-corrected chi connectivity index (χ0v) is 8.06. The largest absolute Gasteiger partial charge is 0.398 e. The molecule has 0 spiro atoms. The lowest BCUT2D eigenvalue weighted by Gasteiger charge is -2.21. The highest BCUT2D eigenvalue weighted by Crippen LogP contribution is 2.14. The van der Waals surface area contributed by atoms with E-state index in [1.165, 1.54) is 0 Å². The number of carbonyl (C=O) groups is 2. The maximum Gasteiger partial charge on any atom is 0.367 e. The first-order valence-electron chi connectivity index (χ1n) is 3.77. The first kappa shape index (κ1) is 12.8. The van der Waals surface area contributed by atoms with Crippen molar-refractivity contribution >= 4 is 18.0 Å². The maximum absolute atomic E-state index is 10.8. The Balaban J connectivity index is 4.80. The van der Waals surface area contributed by atoms with E-state index in [0.717, 1.165) is 25.2 Å². The molecule has 15 heavy (non-hydrogen) atoms. The van der Waals surface area contributed by atoms with Crippen LogP contribution in [0.1, 0.15) is 6.92 Å². The molecule has 0 radical (unpaired) electrons. The molecule has 0 atom stereocenters. The highest BCUT2D eigenvalue weighted by atomic mass is 16.7. The van der Waals surface area contributed by atoms with Gasteiger partial charge in [0.2, 0.25) is 6.08 Å². The van der Waals surface area contributed by atoms with Crippen LogP contribution in [-0.2, 0) is 23.9 Å². The quantitative estimate of drug-likeness (QED) is 0.217. The van der Waals surface area contributed by atoms with Crippen molar-refractivity contribution < 1.29 is 23.9 Å². The average Bonchev–Trinajstić information content (AvgIpc) is 2.17. The molecule has 0 saturated carbocycles. The van der Waals surface area contributed by atoms with E-state index in [9.17, 15) is 14.4 Å². The highest BCUT2D eigenvalue weighted by Gasteiger charge is 2.31. The molecule has 0 aromatic heterocycles.